The lowest BCUT2D eigenvalue weighted by atomic mass is 9.96. The molecule has 210 valence electrons. The van der Waals surface area contributed by atoms with Gasteiger partial charge in [-0.05, 0) is 58.0 Å². The molecule has 0 atom stereocenters. The van der Waals surface area contributed by atoms with Gasteiger partial charge in [0.2, 0.25) is 0 Å². The minimum absolute atomic E-state index is 0.0901. The topological polar surface area (TPSA) is 96.2 Å². The molecular weight excluding hydrogens is 655 g/mol. The lowest BCUT2D eigenvalue weighted by Crippen LogP contribution is -2.66. The third-order valence-electron chi connectivity index (χ3n) is 7.38. The number of hydrogen-bond donors (Lipinski definition) is 8. The third-order valence-corrected chi connectivity index (χ3v) is 8.63. The summed E-state index contributed by atoms with van der Waals surface area (Å²) in [6.45, 7) is 12.6. The maximum atomic E-state index is 3.92. The summed E-state index contributed by atoms with van der Waals surface area (Å²) in [7, 11) is 0. The van der Waals surface area contributed by atoms with Gasteiger partial charge in [0.1, 0.15) is 0 Å². The highest BCUT2D eigenvalue weighted by atomic mass is 127. The molecular formula is C28H44BrIN8. The summed E-state index contributed by atoms with van der Waals surface area (Å²) < 4.78 is 2.38. The lowest BCUT2D eigenvalue weighted by Gasteiger charge is -2.39. The molecule has 0 saturated carbocycles. The van der Waals surface area contributed by atoms with Crippen LogP contribution in [0.1, 0.15) is 11.1 Å². The molecule has 3 aliphatic heterocycles. The first-order valence-corrected chi connectivity index (χ1v) is 15.7. The molecule has 0 amide bonds. The lowest BCUT2D eigenvalue weighted by molar-refractivity contribution is 0.253. The zero-order valence-corrected chi connectivity index (χ0v) is 26.0. The molecule has 3 aliphatic rings. The predicted octanol–water partition coefficient (Wildman–Crippen LogP) is 0.976. The highest BCUT2D eigenvalue weighted by Gasteiger charge is 2.31. The van der Waals surface area contributed by atoms with Crippen molar-refractivity contribution in [2.24, 2.45) is 0 Å². The number of rotatable bonds is 6. The van der Waals surface area contributed by atoms with Gasteiger partial charge in [-0.15, -0.1) is 0 Å². The summed E-state index contributed by atoms with van der Waals surface area (Å²) in [5, 5.41) is 30.3. The molecule has 2 aromatic carbocycles. The van der Waals surface area contributed by atoms with Crippen LogP contribution in [-0.4, -0.2) is 89.6 Å². The van der Waals surface area contributed by atoms with Crippen molar-refractivity contribution in [2.75, 3.05) is 78.5 Å². The molecule has 2 bridgehead atoms. The quantitative estimate of drug-likeness (QED) is 0.212. The van der Waals surface area contributed by atoms with E-state index in [0.717, 1.165) is 96.1 Å². The second-order valence-corrected chi connectivity index (χ2v) is 12.7. The Morgan fingerprint density at radius 3 is 1.21 bits per heavy atom. The van der Waals surface area contributed by atoms with Gasteiger partial charge in [-0.1, -0.05) is 40.2 Å². The Balaban J connectivity index is 1.43. The first-order valence-electron chi connectivity index (χ1n) is 13.8. The molecule has 0 unspecified atom stereocenters. The van der Waals surface area contributed by atoms with Gasteiger partial charge in [0.25, 0.3) is 0 Å². The van der Waals surface area contributed by atoms with Crippen molar-refractivity contribution >= 4 is 38.5 Å². The van der Waals surface area contributed by atoms with Crippen LogP contribution in [0.2, 0.25) is 0 Å². The van der Waals surface area contributed by atoms with Gasteiger partial charge in [-0.3, -0.25) is 0 Å². The van der Waals surface area contributed by atoms with Crippen LogP contribution >= 0.6 is 38.5 Å². The highest BCUT2D eigenvalue weighted by Crippen LogP contribution is 2.13. The van der Waals surface area contributed by atoms with Gasteiger partial charge in [0.15, 0.2) is 0 Å². The Kier molecular flexibility index (Phi) is 12.7. The molecule has 3 saturated heterocycles. The summed E-state index contributed by atoms with van der Waals surface area (Å²) in [5.74, 6) is 0. The van der Waals surface area contributed by atoms with E-state index < -0.39 is 0 Å². The highest BCUT2D eigenvalue weighted by molar-refractivity contribution is 14.1. The van der Waals surface area contributed by atoms with E-state index in [4.69, 9.17) is 0 Å². The Labute approximate surface area is 250 Å². The van der Waals surface area contributed by atoms with E-state index >= 15 is 0 Å². The van der Waals surface area contributed by atoms with Crippen LogP contribution in [0.5, 0.6) is 0 Å². The Hall–Kier alpha value is -0.670. The SMILES string of the molecule is Brc1ccc(CNC23CNCCNCC(NCc4ccc(I)cc4)(CNCCNC2)CNCCNC3)cc1. The number of halogens is 2. The largest absolute Gasteiger partial charge is 0.314 e. The third kappa shape index (κ3) is 10.1. The molecule has 3 heterocycles. The molecule has 0 aromatic heterocycles. The van der Waals surface area contributed by atoms with Crippen LogP contribution in [0.15, 0.2) is 53.0 Å². The van der Waals surface area contributed by atoms with E-state index in [0.29, 0.717) is 0 Å². The Morgan fingerprint density at radius 1 is 0.553 bits per heavy atom. The fourth-order valence-corrected chi connectivity index (χ4v) is 5.65. The predicted molar refractivity (Wildman–Crippen MR) is 170 cm³/mol. The van der Waals surface area contributed by atoms with Crippen LogP contribution in [0.3, 0.4) is 0 Å². The van der Waals surface area contributed by atoms with Gasteiger partial charge < -0.3 is 42.5 Å². The monoisotopic (exact) mass is 698 g/mol. The summed E-state index contributed by atoms with van der Waals surface area (Å²) >= 11 is 5.91. The summed E-state index contributed by atoms with van der Waals surface area (Å²) in [6.07, 6.45) is 0. The van der Waals surface area contributed by atoms with Gasteiger partial charge in [-0.25, -0.2) is 0 Å². The standard InChI is InChI=1S/C28H44BrIN8/c29-25-5-1-23(2-6-25)15-37-27-17-31-9-12-34-20-28(21-35-13-10-32-18-27,22-36-14-11-33-19-27)38-16-24-3-7-26(30)8-4-24/h1-8,31-38H,9-22H2. The Bertz CT molecular complexity index is 822. The number of nitrogens with one attached hydrogen (secondary N) is 8. The second-order valence-electron chi connectivity index (χ2n) is 10.6. The summed E-state index contributed by atoms with van der Waals surface area (Å²) in [6, 6.07) is 17.4. The van der Waals surface area contributed by atoms with Crippen molar-refractivity contribution < 1.29 is 0 Å². The number of benzene rings is 2. The molecule has 10 heteroatoms. The molecule has 38 heavy (non-hydrogen) atoms. The summed E-state index contributed by atoms with van der Waals surface area (Å²) in [4.78, 5) is 0. The van der Waals surface area contributed by atoms with Crippen LogP contribution in [-0.2, 0) is 13.1 Å². The number of hydrogen-bond acceptors (Lipinski definition) is 8. The van der Waals surface area contributed by atoms with E-state index in [2.05, 4.69) is 130 Å². The molecule has 3 fully saturated rings. The van der Waals surface area contributed by atoms with Crippen molar-refractivity contribution in [2.45, 2.75) is 24.2 Å². The fraction of sp³-hybridized carbons (Fsp3) is 0.571. The molecule has 5 rings (SSSR count). The van der Waals surface area contributed by atoms with Crippen molar-refractivity contribution in [3.63, 3.8) is 0 Å². The van der Waals surface area contributed by atoms with Crippen molar-refractivity contribution in [1.82, 2.24) is 42.5 Å². The molecule has 8 N–H and O–H groups in total. The van der Waals surface area contributed by atoms with Crippen LogP contribution in [0, 0.1) is 3.57 Å². The van der Waals surface area contributed by atoms with Crippen molar-refractivity contribution in [3.05, 3.63) is 67.7 Å². The molecule has 0 radical (unpaired) electrons. The molecule has 0 spiro atoms. The van der Waals surface area contributed by atoms with Gasteiger partial charge in [-0.2, -0.15) is 0 Å². The van der Waals surface area contributed by atoms with Crippen LogP contribution in [0.4, 0.5) is 0 Å². The van der Waals surface area contributed by atoms with E-state index in [9.17, 15) is 0 Å². The van der Waals surface area contributed by atoms with Crippen molar-refractivity contribution in [1.29, 1.82) is 0 Å². The minimum Gasteiger partial charge on any atom is -0.314 e. The normalized spacial score (nSPS) is 26.5. The smallest absolute Gasteiger partial charge is 0.0561 e. The van der Waals surface area contributed by atoms with E-state index in [1.807, 2.05) is 0 Å². The van der Waals surface area contributed by atoms with E-state index in [-0.39, 0.29) is 11.1 Å². The van der Waals surface area contributed by atoms with Crippen molar-refractivity contribution in [3.8, 4) is 0 Å². The molecule has 8 nitrogen and oxygen atoms in total. The first kappa shape index (κ1) is 30.3. The zero-order chi connectivity index (χ0) is 26.5. The molecule has 2 aromatic rings. The Morgan fingerprint density at radius 2 is 0.868 bits per heavy atom. The average molecular weight is 700 g/mol. The summed E-state index contributed by atoms with van der Waals surface area (Å²) in [5.41, 5.74) is 2.42. The number of fused-ring (bicyclic) bond motifs is 15. The van der Waals surface area contributed by atoms with E-state index in [1.54, 1.807) is 0 Å². The van der Waals surface area contributed by atoms with Gasteiger partial charge in [0.05, 0.1) is 11.1 Å². The van der Waals surface area contributed by atoms with Gasteiger partial charge >= 0.3 is 0 Å². The van der Waals surface area contributed by atoms with E-state index in [1.165, 1.54) is 14.7 Å². The molecule has 0 aliphatic carbocycles. The average Bonchev–Trinajstić information content (AvgIpc) is 2.93. The maximum absolute atomic E-state index is 3.92. The second kappa shape index (κ2) is 15.9. The minimum atomic E-state index is -0.0971. The maximum Gasteiger partial charge on any atom is 0.0561 e. The zero-order valence-electron chi connectivity index (χ0n) is 22.3. The van der Waals surface area contributed by atoms with Crippen LogP contribution < -0.4 is 42.5 Å². The first-order chi connectivity index (χ1) is 18.6. The van der Waals surface area contributed by atoms with Gasteiger partial charge in [0, 0.05) is 99.7 Å². The fourth-order valence-electron chi connectivity index (χ4n) is 5.03. The van der Waals surface area contributed by atoms with Crippen LogP contribution in [0.25, 0.3) is 0 Å².